The zero-order valence-electron chi connectivity index (χ0n) is 7.32. The fourth-order valence-electron chi connectivity index (χ4n) is 0.667. The van der Waals surface area contributed by atoms with Gasteiger partial charge < -0.3 is 4.74 Å². The number of carbonyl (C=O) groups excluding carboxylic acids is 2. The molecule has 64 valence electrons. The predicted molar refractivity (Wildman–Crippen MR) is 42.8 cm³/mol. The van der Waals surface area contributed by atoms with Gasteiger partial charge >= 0.3 is 5.97 Å². The molecular formula is C9H8O3Zn. The molecule has 4 heteroatoms. The number of hydrogen-bond donors (Lipinski definition) is 0. The molecule has 0 spiro atoms. The Bertz CT molecular complexity index is 295. The fourth-order valence-corrected chi connectivity index (χ4v) is 0.667. The second-order valence-electron chi connectivity index (χ2n) is 2.26. The van der Waals surface area contributed by atoms with Crippen molar-refractivity contribution >= 4 is 11.8 Å². The third-order valence-electron chi connectivity index (χ3n) is 1.24. The summed E-state index contributed by atoms with van der Waals surface area (Å²) in [4.78, 5) is 21.2. The Morgan fingerprint density at radius 2 is 1.69 bits per heavy atom. The van der Waals surface area contributed by atoms with E-state index in [2.05, 4.69) is 4.74 Å². The third-order valence-corrected chi connectivity index (χ3v) is 1.24. The molecule has 0 heterocycles. The van der Waals surface area contributed by atoms with Crippen LogP contribution in [-0.4, -0.2) is 11.8 Å². The normalized spacial score (nSPS) is 8.38. The Morgan fingerprint density at radius 1 is 1.15 bits per heavy atom. The number of ether oxygens (including phenoxy) is 1. The van der Waals surface area contributed by atoms with Gasteiger partial charge in [-0.2, -0.15) is 0 Å². The number of hydrogen-bond acceptors (Lipinski definition) is 3. The van der Waals surface area contributed by atoms with Crippen molar-refractivity contribution in [1.82, 2.24) is 0 Å². The molecular weight excluding hydrogens is 221 g/mol. The van der Waals surface area contributed by atoms with Crippen LogP contribution in [0.25, 0.3) is 0 Å². The average Bonchev–Trinajstić information content (AvgIpc) is 2.06. The Kier molecular flexibility index (Phi) is 5.16. The first-order valence-electron chi connectivity index (χ1n) is 3.48. The van der Waals surface area contributed by atoms with Crippen molar-refractivity contribution < 1.29 is 33.8 Å². The first-order chi connectivity index (χ1) is 5.70. The molecule has 0 fully saturated rings. The van der Waals surface area contributed by atoms with Gasteiger partial charge in [-0.25, -0.2) is 4.79 Å². The molecule has 0 unspecified atom stereocenters. The van der Waals surface area contributed by atoms with Gasteiger partial charge in [-0.3, -0.25) is 4.79 Å². The summed E-state index contributed by atoms with van der Waals surface area (Å²) in [5.41, 5.74) is 0. The molecule has 1 rings (SSSR count). The van der Waals surface area contributed by atoms with Gasteiger partial charge in [0.05, 0.1) is 0 Å². The first-order valence-corrected chi connectivity index (χ1v) is 3.48. The maximum absolute atomic E-state index is 10.7. The SMILES string of the molecule is CC(=O)C(=O)Oc1ccccc1.[Zn]. The largest absolute Gasteiger partial charge is 0.421 e. The smallest absolute Gasteiger partial charge is 0.379 e. The van der Waals surface area contributed by atoms with E-state index in [9.17, 15) is 9.59 Å². The molecule has 1 aromatic rings. The zero-order chi connectivity index (χ0) is 8.97. The van der Waals surface area contributed by atoms with Crippen molar-refractivity contribution in [2.75, 3.05) is 0 Å². The van der Waals surface area contributed by atoms with E-state index in [0.29, 0.717) is 5.75 Å². The summed E-state index contributed by atoms with van der Waals surface area (Å²) in [6, 6.07) is 8.47. The van der Waals surface area contributed by atoms with Gasteiger partial charge in [-0.1, -0.05) is 18.2 Å². The molecule has 0 radical (unpaired) electrons. The minimum absolute atomic E-state index is 0. The molecule has 13 heavy (non-hydrogen) atoms. The van der Waals surface area contributed by atoms with Crippen LogP contribution >= 0.6 is 0 Å². The minimum atomic E-state index is -0.832. The standard InChI is InChI=1S/C9H8O3.Zn/c1-7(10)9(11)12-8-5-3-2-4-6-8;/h2-6H,1H3;. The molecule has 3 nitrogen and oxygen atoms in total. The van der Waals surface area contributed by atoms with E-state index >= 15 is 0 Å². The van der Waals surface area contributed by atoms with Crippen molar-refractivity contribution in [1.29, 1.82) is 0 Å². The van der Waals surface area contributed by atoms with E-state index in [0.717, 1.165) is 0 Å². The molecule has 0 saturated heterocycles. The summed E-state index contributed by atoms with van der Waals surface area (Å²) in [7, 11) is 0. The summed E-state index contributed by atoms with van der Waals surface area (Å²) >= 11 is 0. The van der Waals surface area contributed by atoms with E-state index in [-0.39, 0.29) is 19.5 Å². The van der Waals surface area contributed by atoms with E-state index < -0.39 is 11.8 Å². The second-order valence-corrected chi connectivity index (χ2v) is 2.26. The quantitative estimate of drug-likeness (QED) is 0.331. The van der Waals surface area contributed by atoms with Crippen molar-refractivity contribution in [3.63, 3.8) is 0 Å². The van der Waals surface area contributed by atoms with Crippen molar-refractivity contribution in [2.45, 2.75) is 6.92 Å². The van der Waals surface area contributed by atoms with Crippen LogP contribution < -0.4 is 4.74 Å². The number of para-hydroxylation sites is 1. The van der Waals surface area contributed by atoms with Crippen LogP contribution in [-0.2, 0) is 29.1 Å². The van der Waals surface area contributed by atoms with E-state index in [1.165, 1.54) is 6.92 Å². The van der Waals surface area contributed by atoms with Crippen LogP contribution in [0, 0.1) is 0 Å². The molecule has 0 aromatic heterocycles. The molecule has 0 N–H and O–H groups in total. The minimum Gasteiger partial charge on any atom is -0.421 e. The van der Waals surface area contributed by atoms with E-state index in [1.54, 1.807) is 30.3 Å². The number of benzene rings is 1. The maximum Gasteiger partial charge on any atom is 0.379 e. The van der Waals surface area contributed by atoms with Gasteiger partial charge in [0.15, 0.2) is 0 Å². The zero-order valence-corrected chi connectivity index (χ0v) is 10.3. The van der Waals surface area contributed by atoms with Crippen LogP contribution in [0.4, 0.5) is 0 Å². The van der Waals surface area contributed by atoms with Crippen LogP contribution in [0.15, 0.2) is 30.3 Å². The van der Waals surface area contributed by atoms with Crippen LogP contribution in [0.2, 0.25) is 0 Å². The molecule has 0 aliphatic carbocycles. The molecule has 0 atom stereocenters. The number of Topliss-reactive ketones (excluding diaryl/α,β-unsaturated/α-hetero) is 1. The van der Waals surface area contributed by atoms with Gasteiger partial charge in [-0.15, -0.1) is 0 Å². The Labute approximate surface area is 88.8 Å². The topological polar surface area (TPSA) is 43.4 Å². The van der Waals surface area contributed by atoms with Crippen LogP contribution in [0.1, 0.15) is 6.92 Å². The monoisotopic (exact) mass is 228 g/mol. The first kappa shape index (κ1) is 12.0. The molecule has 0 bridgehead atoms. The van der Waals surface area contributed by atoms with Gasteiger partial charge in [0.2, 0.25) is 5.78 Å². The third kappa shape index (κ3) is 3.95. The van der Waals surface area contributed by atoms with Gasteiger partial charge in [0, 0.05) is 26.4 Å². The van der Waals surface area contributed by atoms with Gasteiger partial charge in [-0.05, 0) is 12.1 Å². The fraction of sp³-hybridized carbons (Fsp3) is 0.111. The molecule has 0 saturated carbocycles. The molecule has 0 amide bonds. The molecule has 0 aliphatic heterocycles. The Morgan fingerprint density at radius 3 is 2.15 bits per heavy atom. The number of rotatable bonds is 2. The van der Waals surface area contributed by atoms with Crippen molar-refractivity contribution in [2.24, 2.45) is 0 Å². The number of carbonyl (C=O) groups is 2. The second kappa shape index (κ2) is 5.60. The van der Waals surface area contributed by atoms with Gasteiger partial charge in [0.1, 0.15) is 5.75 Å². The maximum atomic E-state index is 10.7. The van der Waals surface area contributed by atoms with Gasteiger partial charge in [0.25, 0.3) is 0 Å². The summed E-state index contributed by atoms with van der Waals surface area (Å²) in [6.07, 6.45) is 0. The summed E-state index contributed by atoms with van der Waals surface area (Å²) < 4.78 is 4.69. The summed E-state index contributed by atoms with van der Waals surface area (Å²) in [6.45, 7) is 1.17. The van der Waals surface area contributed by atoms with E-state index in [4.69, 9.17) is 0 Å². The number of esters is 1. The average molecular weight is 230 g/mol. The summed E-state index contributed by atoms with van der Waals surface area (Å²) in [5, 5.41) is 0. The molecule has 1 aromatic carbocycles. The predicted octanol–water partition coefficient (Wildman–Crippen LogP) is 1.18. The molecule has 0 aliphatic rings. The Hall–Kier alpha value is -1.02. The number of ketones is 1. The van der Waals surface area contributed by atoms with Crippen LogP contribution in [0.5, 0.6) is 5.75 Å². The van der Waals surface area contributed by atoms with Crippen molar-refractivity contribution in [3.8, 4) is 5.75 Å². The Balaban J connectivity index is 0.00000144. The van der Waals surface area contributed by atoms with Crippen LogP contribution in [0.3, 0.4) is 0 Å². The van der Waals surface area contributed by atoms with Crippen molar-refractivity contribution in [3.05, 3.63) is 30.3 Å². The van der Waals surface area contributed by atoms with E-state index in [1.807, 2.05) is 0 Å². The summed E-state index contributed by atoms with van der Waals surface area (Å²) in [5.74, 6) is -1.04.